The Labute approximate surface area is 122 Å². The number of rotatable bonds is 7. The van der Waals surface area contributed by atoms with Crippen molar-refractivity contribution in [1.82, 2.24) is 10.2 Å². The zero-order valence-corrected chi connectivity index (χ0v) is 13.0. The van der Waals surface area contributed by atoms with Crippen molar-refractivity contribution < 1.29 is 9.59 Å². The molecule has 20 heavy (non-hydrogen) atoms. The first kappa shape index (κ1) is 17.1. The summed E-state index contributed by atoms with van der Waals surface area (Å²) in [5.41, 5.74) is 5.64. The van der Waals surface area contributed by atoms with Crippen molar-refractivity contribution >= 4 is 11.7 Å². The summed E-state index contributed by atoms with van der Waals surface area (Å²) in [6, 6.07) is 0.0366. The van der Waals surface area contributed by atoms with Crippen molar-refractivity contribution in [3.8, 4) is 0 Å². The van der Waals surface area contributed by atoms with Gasteiger partial charge in [0.15, 0.2) is 5.78 Å². The van der Waals surface area contributed by atoms with Crippen LogP contribution >= 0.6 is 0 Å². The quantitative estimate of drug-likeness (QED) is 0.728. The molecule has 1 rings (SSSR count). The van der Waals surface area contributed by atoms with Crippen molar-refractivity contribution in [2.75, 3.05) is 19.6 Å². The smallest absolute Gasteiger partial charge is 0.234 e. The number of hydrogen-bond acceptors (Lipinski definition) is 4. The molecule has 2 atom stereocenters. The molecule has 0 bridgehead atoms. The topological polar surface area (TPSA) is 75.4 Å². The van der Waals surface area contributed by atoms with Crippen LogP contribution in [0.25, 0.3) is 0 Å². The van der Waals surface area contributed by atoms with E-state index in [0.29, 0.717) is 19.1 Å². The maximum absolute atomic E-state index is 12.1. The molecule has 0 saturated carbocycles. The number of nitrogens with one attached hydrogen (secondary N) is 1. The van der Waals surface area contributed by atoms with Crippen molar-refractivity contribution in [3.05, 3.63) is 0 Å². The summed E-state index contributed by atoms with van der Waals surface area (Å²) in [7, 11) is 0. The van der Waals surface area contributed by atoms with Gasteiger partial charge in [0, 0.05) is 6.04 Å². The first-order valence-electron chi connectivity index (χ1n) is 7.69. The molecule has 116 valence electrons. The maximum Gasteiger partial charge on any atom is 0.234 e. The molecule has 1 aliphatic rings. The standard InChI is InChI=1S/C15H29N3O2/c1-11(2)15(12(3)19)17-14(20)10-18-9-5-4-6-13(18)7-8-16/h11,13,15H,4-10,16H2,1-3H3,(H,17,20). The third kappa shape index (κ3) is 5.21. The molecular formula is C15H29N3O2. The molecule has 0 aromatic heterocycles. The fourth-order valence-electron chi connectivity index (χ4n) is 2.93. The number of carbonyl (C=O) groups is 2. The highest BCUT2D eigenvalue weighted by Gasteiger charge is 2.26. The minimum atomic E-state index is -0.375. The summed E-state index contributed by atoms with van der Waals surface area (Å²) in [5, 5.41) is 2.86. The van der Waals surface area contributed by atoms with Crippen LogP contribution < -0.4 is 11.1 Å². The number of Topliss-reactive ketones (excluding diaryl/α,β-unsaturated/α-hetero) is 1. The lowest BCUT2D eigenvalue weighted by molar-refractivity contribution is -0.129. The SMILES string of the molecule is CC(=O)C(NC(=O)CN1CCCCC1CCN)C(C)C. The zero-order valence-electron chi connectivity index (χ0n) is 13.0. The highest BCUT2D eigenvalue weighted by atomic mass is 16.2. The molecule has 1 amide bonds. The van der Waals surface area contributed by atoms with Crippen molar-refractivity contribution in [2.45, 2.75) is 58.5 Å². The Balaban J connectivity index is 2.52. The van der Waals surface area contributed by atoms with Crippen LogP contribution in [0.5, 0.6) is 0 Å². The van der Waals surface area contributed by atoms with E-state index in [4.69, 9.17) is 5.73 Å². The van der Waals surface area contributed by atoms with Gasteiger partial charge in [0.2, 0.25) is 5.91 Å². The maximum atomic E-state index is 12.1. The highest BCUT2D eigenvalue weighted by molar-refractivity contribution is 5.88. The second kappa shape index (κ2) is 8.37. The fourth-order valence-corrected chi connectivity index (χ4v) is 2.93. The number of hydrogen-bond donors (Lipinski definition) is 2. The van der Waals surface area contributed by atoms with Gasteiger partial charge in [-0.25, -0.2) is 0 Å². The average Bonchev–Trinajstić information content (AvgIpc) is 2.38. The van der Waals surface area contributed by atoms with Gasteiger partial charge in [-0.05, 0) is 45.2 Å². The second-order valence-corrected chi connectivity index (χ2v) is 6.10. The van der Waals surface area contributed by atoms with E-state index in [0.717, 1.165) is 25.8 Å². The molecule has 0 spiro atoms. The summed E-state index contributed by atoms with van der Waals surface area (Å²) < 4.78 is 0. The first-order chi connectivity index (χ1) is 9.45. The van der Waals surface area contributed by atoms with Gasteiger partial charge >= 0.3 is 0 Å². The van der Waals surface area contributed by atoms with Gasteiger partial charge in [-0.1, -0.05) is 20.3 Å². The van der Waals surface area contributed by atoms with Crippen molar-refractivity contribution in [2.24, 2.45) is 11.7 Å². The van der Waals surface area contributed by atoms with Gasteiger partial charge in [-0.3, -0.25) is 14.5 Å². The summed E-state index contributed by atoms with van der Waals surface area (Å²) in [6.07, 6.45) is 4.40. The monoisotopic (exact) mass is 283 g/mol. The first-order valence-corrected chi connectivity index (χ1v) is 7.69. The molecule has 0 aliphatic carbocycles. The van der Waals surface area contributed by atoms with E-state index in [1.54, 1.807) is 0 Å². The number of ketones is 1. The molecule has 0 aromatic rings. The van der Waals surface area contributed by atoms with Crippen LogP contribution in [-0.2, 0) is 9.59 Å². The van der Waals surface area contributed by atoms with Crippen molar-refractivity contribution in [3.63, 3.8) is 0 Å². The number of amides is 1. The molecule has 2 unspecified atom stereocenters. The number of nitrogens with two attached hydrogens (primary N) is 1. The van der Waals surface area contributed by atoms with Gasteiger partial charge in [0.25, 0.3) is 0 Å². The summed E-state index contributed by atoms with van der Waals surface area (Å²) in [5.74, 6) is 0.0889. The second-order valence-electron chi connectivity index (χ2n) is 6.10. The van der Waals surface area contributed by atoms with E-state index in [9.17, 15) is 9.59 Å². The molecule has 5 nitrogen and oxygen atoms in total. The van der Waals surface area contributed by atoms with Crippen LogP contribution in [0.4, 0.5) is 0 Å². The largest absolute Gasteiger partial charge is 0.345 e. The van der Waals surface area contributed by atoms with Gasteiger partial charge in [-0.15, -0.1) is 0 Å². The van der Waals surface area contributed by atoms with E-state index in [-0.39, 0.29) is 23.7 Å². The van der Waals surface area contributed by atoms with Crippen LogP contribution in [0, 0.1) is 5.92 Å². The van der Waals surface area contributed by atoms with Gasteiger partial charge in [-0.2, -0.15) is 0 Å². The Morgan fingerprint density at radius 2 is 2.05 bits per heavy atom. The van der Waals surface area contributed by atoms with Crippen molar-refractivity contribution in [1.29, 1.82) is 0 Å². The Hall–Kier alpha value is -0.940. The van der Waals surface area contributed by atoms with E-state index in [1.165, 1.54) is 13.3 Å². The Morgan fingerprint density at radius 1 is 1.35 bits per heavy atom. The molecule has 0 aromatic carbocycles. The lowest BCUT2D eigenvalue weighted by Gasteiger charge is -2.35. The predicted molar refractivity (Wildman–Crippen MR) is 80.3 cm³/mol. The molecule has 1 aliphatic heterocycles. The molecule has 5 heteroatoms. The third-order valence-corrected chi connectivity index (χ3v) is 4.02. The summed E-state index contributed by atoms with van der Waals surface area (Å²) in [6.45, 7) is 7.41. The van der Waals surface area contributed by atoms with Crippen LogP contribution in [0.15, 0.2) is 0 Å². The molecule has 3 N–H and O–H groups in total. The molecule has 1 saturated heterocycles. The predicted octanol–water partition coefficient (Wildman–Crippen LogP) is 0.920. The normalized spacial score (nSPS) is 21.8. The van der Waals surface area contributed by atoms with Crippen LogP contribution in [0.2, 0.25) is 0 Å². The van der Waals surface area contributed by atoms with Crippen LogP contribution in [-0.4, -0.2) is 48.3 Å². The fraction of sp³-hybridized carbons (Fsp3) is 0.867. The van der Waals surface area contributed by atoms with E-state index >= 15 is 0 Å². The Bertz CT molecular complexity index is 329. The van der Waals surface area contributed by atoms with E-state index in [2.05, 4.69) is 10.2 Å². The van der Waals surface area contributed by atoms with Gasteiger partial charge < -0.3 is 11.1 Å². The van der Waals surface area contributed by atoms with E-state index < -0.39 is 0 Å². The van der Waals surface area contributed by atoms with E-state index in [1.807, 2.05) is 13.8 Å². The average molecular weight is 283 g/mol. The Kier molecular flexibility index (Phi) is 7.16. The number of likely N-dealkylation sites (tertiary alicyclic amines) is 1. The summed E-state index contributed by atoms with van der Waals surface area (Å²) >= 11 is 0. The van der Waals surface area contributed by atoms with Gasteiger partial charge in [0.1, 0.15) is 0 Å². The summed E-state index contributed by atoms with van der Waals surface area (Å²) in [4.78, 5) is 25.9. The minimum absolute atomic E-state index is 0.0190. The highest BCUT2D eigenvalue weighted by Crippen LogP contribution is 2.18. The van der Waals surface area contributed by atoms with Crippen LogP contribution in [0.1, 0.15) is 46.5 Å². The molecular weight excluding hydrogens is 254 g/mol. The van der Waals surface area contributed by atoms with Gasteiger partial charge in [0.05, 0.1) is 12.6 Å². The lowest BCUT2D eigenvalue weighted by atomic mass is 9.99. The zero-order chi connectivity index (χ0) is 15.1. The molecule has 1 fully saturated rings. The Morgan fingerprint density at radius 3 is 2.60 bits per heavy atom. The number of piperidine rings is 1. The van der Waals surface area contributed by atoms with Crippen LogP contribution in [0.3, 0.4) is 0 Å². The lowest BCUT2D eigenvalue weighted by Crippen LogP contribution is -2.50. The minimum Gasteiger partial charge on any atom is -0.345 e. The molecule has 1 heterocycles. The third-order valence-electron chi connectivity index (χ3n) is 4.02. The molecule has 0 radical (unpaired) electrons. The number of carbonyl (C=O) groups excluding carboxylic acids is 2. The number of nitrogens with zero attached hydrogens (tertiary/aromatic N) is 1.